The fourth-order valence-electron chi connectivity index (χ4n) is 2.00. The van der Waals surface area contributed by atoms with Crippen molar-refractivity contribution >= 4 is 5.69 Å². The number of aryl methyl sites for hydroxylation is 1. The van der Waals surface area contributed by atoms with E-state index in [0.29, 0.717) is 6.04 Å². The number of anilines is 1. The smallest absolute Gasteiger partial charge is 0.0728 e. The molecule has 0 spiro atoms. The molecule has 0 amide bonds. The van der Waals surface area contributed by atoms with Crippen LogP contribution in [0.5, 0.6) is 0 Å². The quantitative estimate of drug-likeness (QED) is 0.769. The van der Waals surface area contributed by atoms with Crippen LogP contribution >= 0.6 is 0 Å². The molecule has 1 fully saturated rings. The SMILES string of the molecule is Cn1cc(NC2CCCC2C#N)cn1. The summed E-state index contributed by atoms with van der Waals surface area (Å²) >= 11 is 0. The molecule has 1 aromatic rings. The van der Waals surface area contributed by atoms with Crippen molar-refractivity contribution in [2.24, 2.45) is 13.0 Å². The predicted octanol–water partition coefficient (Wildman–Crippen LogP) is 1.52. The van der Waals surface area contributed by atoms with Crippen molar-refractivity contribution < 1.29 is 0 Å². The third-order valence-electron chi connectivity index (χ3n) is 2.74. The molecule has 4 nitrogen and oxygen atoms in total. The Labute approximate surface area is 83.5 Å². The molecule has 14 heavy (non-hydrogen) atoms. The summed E-state index contributed by atoms with van der Waals surface area (Å²) in [7, 11) is 1.89. The average molecular weight is 190 g/mol. The van der Waals surface area contributed by atoms with Gasteiger partial charge in [0.05, 0.1) is 23.9 Å². The Morgan fingerprint density at radius 1 is 1.64 bits per heavy atom. The van der Waals surface area contributed by atoms with Gasteiger partial charge < -0.3 is 5.32 Å². The lowest BCUT2D eigenvalue weighted by molar-refractivity contribution is 0.629. The molecule has 1 aromatic heterocycles. The van der Waals surface area contributed by atoms with E-state index < -0.39 is 0 Å². The van der Waals surface area contributed by atoms with Crippen molar-refractivity contribution in [3.8, 4) is 6.07 Å². The second-order valence-electron chi connectivity index (χ2n) is 3.82. The summed E-state index contributed by atoms with van der Waals surface area (Å²) in [4.78, 5) is 0. The van der Waals surface area contributed by atoms with Crippen LogP contribution < -0.4 is 5.32 Å². The van der Waals surface area contributed by atoms with E-state index in [1.807, 2.05) is 13.2 Å². The number of aromatic nitrogens is 2. The first-order valence-corrected chi connectivity index (χ1v) is 4.94. The monoisotopic (exact) mass is 190 g/mol. The van der Waals surface area contributed by atoms with Crippen molar-refractivity contribution in [2.45, 2.75) is 25.3 Å². The van der Waals surface area contributed by atoms with Gasteiger partial charge >= 0.3 is 0 Å². The van der Waals surface area contributed by atoms with Crippen LogP contribution in [0, 0.1) is 17.2 Å². The Kier molecular flexibility index (Phi) is 2.40. The van der Waals surface area contributed by atoms with Crippen LogP contribution in [0.1, 0.15) is 19.3 Å². The lowest BCUT2D eigenvalue weighted by Crippen LogP contribution is -2.22. The maximum Gasteiger partial charge on any atom is 0.0728 e. The van der Waals surface area contributed by atoms with Gasteiger partial charge in [-0.2, -0.15) is 10.4 Å². The zero-order valence-corrected chi connectivity index (χ0v) is 8.27. The van der Waals surface area contributed by atoms with Crippen LogP contribution in [-0.2, 0) is 7.05 Å². The van der Waals surface area contributed by atoms with E-state index in [9.17, 15) is 0 Å². The molecule has 0 radical (unpaired) electrons. The molecule has 2 rings (SSSR count). The first kappa shape index (κ1) is 9.07. The minimum atomic E-state index is 0.162. The van der Waals surface area contributed by atoms with Gasteiger partial charge in [-0.25, -0.2) is 0 Å². The van der Waals surface area contributed by atoms with Crippen LogP contribution in [0.25, 0.3) is 0 Å². The molecule has 4 heteroatoms. The van der Waals surface area contributed by atoms with E-state index in [1.165, 1.54) is 0 Å². The minimum Gasteiger partial charge on any atom is -0.378 e. The lowest BCUT2D eigenvalue weighted by Gasteiger charge is -2.14. The number of nitriles is 1. The normalized spacial score (nSPS) is 26.0. The molecule has 1 aliphatic carbocycles. The van der Waals surface area contributed by atoms with E-state index in [-0.39, 0.29) is 5.92 Å². The highest BCUT2D eigenvalue weighted by Gasteiger charge is 2.26. The molecule has 1 saturated carbocycles. The molecular formula is C10H14N4. The fourth-order valence-corrected chi connectivity index (χ4v) is 2.00. The Hall–Kier alpha value is -1.50. The minimum absolute atomic E-state index is 0.162. The summed E-state index contributed by atoms with van der Waals surface area (Å²) in [5.74, 6) is 0.162. The lowest BCUT2D eigenvalue weighted by atomic mass is 10.1. The maximum absolute atomic E-state index is 8.91. The van der Waals surface area contributed by atoms with Crippen molar-refractivity contribution in [1.29, 1.82) is 5.26 Å². The van der Waals surface area contributed by atoms with Crippen molar-refractivity contribution in [1.82, 2.24) is 9.78 Å². The van der Waals surface area contributed by atoms with Crippen LogP contribution in [0.3, 0.4) is 0 Å². The van der Waals surface area contributed by atoms with Crippen LogP contribution in [0.4, 0.5) is 5.69 Å². The van der Waals surface area contributed by atoms with Crippen LogP contribution in [0.15, 0.2) is 12.4 Å². The second kappa shape index (κ2) is 3.70. The largest absolute Gasteiger partial charge is 0.378 e. The van der Waals surface area contributed by atoms with E-state index in [2.05, 4.69) is 16.5 Å². The van der Waals surface area contributed by atoms with Gasteiger partial charge in [0.15, 0.2) is 0 Å². The average Bonchev–Trinajstić information content (AvgIpc) is 2.76. The van der Waals surface area contributed by atoms with Gasteiger partial charge in [0, 0.05) is 19.3 Å². The standard InChI is InChI=1S/C10H14N4/c1-14-7-9(6-12-14)13-10-4-2-3-8(10)5-11/h6-8,10,13H,2-4H2,1H3. The molecule has 1 heterocycles. The maximum atomic E-state index is 8.91. The first-order valence-electron chi connectivity index (χ1n) is 4.94. The number of hydrogen-bond acceptors (Lipinski definition) is 3. The Morgan fingerprint density at radius 3 is 3.14 bits per heavy atom. The molecule has 74 valence electrons. The van der Waals surface area contributed by atoms with Gasteiger partial charge in [0.25, 0.3) is 0 Å². The molecule has 1 aliphatic rings. The van der Waals surface area contributed by atoms with Crippen molar-refractivity contribution in [3.63, 3.8) is 0 Å². The highest BCUT2D eigenvalue weighted by molar-refractivity contribution is 5.40. The zero-order valence-electron chi connectivity index (χ0n) is 8.27. The summed E-state index contributed by atoms with van der Waals surface area (Å²) in [6.07, 6.45) is 7.00. The van der Waals surface area contributed by atoms with Gasteiger partial charge in [0.2, 0.25) is 0 Å². The summed E-state index contributed by atoms with van der Waals surface area (Å²) < 4.78 is 1.76. The van der Waals surface area contributed by atoms with Gasteiger partial charge in [-0.1, -0.05) is 0 Å². The fraction of sp³-hybridized carbons (Fsp3) is 0.600. The molecule has 2 atom stereocenters. The highest BCUT2D eigenvalue weighted by atomic mass is 15.3. The van der Waals surface area contributed by atoms with E-state index >= 15 is 0 Å². The van der Waals surface area contributed by atoms with Gasteiger partial charge in [0.1, 0.15) is 0 Å². The summed E-state index contributed by atoms with van der Waals surface area (Å²) in [5.41, 5.74) is 1.01. The Bertz CT molecular complexity index is 349. The molecule has 1 N–H and O–H groups in total. The van der Waals surface area contributed by atoms with E-state index in [4.69, 9.17) is 5.26 Å². The Morgan fingerprint density at radius 2 is 2.50 bits per heavy atom. The van der Waals surface area contributed by atoms with Gasteiger partial charge in [-0.05, 0) is 19.3 Å². The summed E-state index contributed by atoms with van der Waals surface area (Å²) in [6, 6.07) is 2.66. The third kappa shape index (κ3) is 1.72. The number of hydrogen-bond donors (Lipinski definition) is 1. The molecule has 0 aliphatic heterocycles. The van der Waals surface area contributed by atoms with E-state index in [0.717, 1.165) is 24.9 Å². The van der Waals surface area contributed by atoms with E-state index in [1.54, 1.807) is 10.9 Å². The van der Waals surface area contributed by atoms with Crippen molar-refractivity contribution in [3.05, 3.63) is 12.4 Å². The molecule has 0 saturated heterocycles. The molecule has 2 unspecified atom stereocenters. The first-order chi connectivity index (χ1) is 6.79. The number of rotatable bonds is 2. The van der Waals surface area contributed by atoms with Crippen LogP contribution in [-0.4, -0.2) is 15.8 Å². The molecular weight excluding hydrogens is 176 g/mol. The van der Waals surface area contributed by atoms with Crippen molar-refractivity contribution in [2.75, 3.05) is 5.32 Å². The number of nitrogens with zero attached hydrogens (tertiary/aromatic N) is 3. The summed E-state index contributed by atoms with van der Waals surface area (Å²) in [6.45, 7) is 0. The third-order valence-corrected chi connectivity index (χ3v) is 2.74. The van der Waals surface area contributed by atoms with Gasteiger partial charge in [-0.15, -0.1) is 0 Å². The zero-order chi connectivity index (χ0) is 9.97. The highest BCUT2D eigenvalue weighted by Crippen LogP contribution is 2.27. The Balaban J connectivity index is 2.01. The second-order valence-corrected chi connectivity index (χ2v) is 3.82. The topological polar surface area (TPSA) is 53.6 Å². The summed E-state index contributed by atoms with van der Waals surface area (Å²) in [5, 5.41) is 16.3. The van der Waals surface area contributed by atoms with Crippen LogP contribution in [0.2, 0.25) is 0 Å². The molecule has 0 bridgehead atoms. The number of nitrogens with one attached hydrogen (secondary N) is 1. The van der Waals surface area contributed by atoms with Gasteiger partial charge in [-0.3, -0.25) is 4.68 Å². The molecule has 0 aromatic carbocycles. The predicted molar refractivity (Wildman–Crippen MR) is 53.6 cm³/mol.